The molecule has 0 aliphatic heterocycles. The number of amides is 2. The molecule has 1 aliphatic carbocycles. The normalized spacial score (nSPS) is 16.1. The van der Waals surface area contributed by atoms with E-state index >= 15 is 0 Å². The molecule has 10 heteroatoms. The van der Waals surface area contributed by atoms with Crippen LogP contribution in [-0.2, 0) is 11.2 Å². The van der Waals surface area contributed by atoms with Crippen LogP contribution in [0.2, 0.25) is 0 Å². The number of nitrogen functional groups attached to an aromatic ring is 1. The van der Waals surface area contributed by atoms with Gasteiger partial charge in [-0.2, -0.15) is 0 Å². The van der Waals surface area contributed by atoms with Gasteiger partial charge in [-0.05, 0) is 85.8 Å². The quantitative estimate of drug-likeness (QED) is 0.181. The lowest BCUT2D eigenvalue weighted by molar-refractivity contribution is -0.115. The highest BCUT2D eigenvalue weighted by molar-refractivity contribution is 6.01. The number of aromatic carboxylic acids is 1. The number of carboxylic acid groups (broad SMARTS) is 1. The summed E-state index contributed by atoms with van der Waals surface area (Å²) in [6.07, 6.45) is 4.97. The van der Waals surface area contributed by atoms with E-state index < -0.39 is 5.97 Å². The minimum absolute atomic E-state index is 0.0256. The first-order valence-corrected chi connectivity index (χ1v) is 14.0. The Morgan fingerprint density at radius 2 is 1.63 bits per heavy atom. The van der Waals surface area contributed by atoms with Crippen LogP contribution in [0.3, 0.4) is 0 Å². The van der Waals surface area contributed by atoms with Gasteiger partial charge in [0.2, 0.25) is 11.8 Å². The molecule has 1 aromatic heterocycles. The third kappa shape index (κ3) is 8.10. The van der Waals surface area contributed by atoms with Crippen LogP contribution in [0.5, 0.6) is 17.4 Å². The van der Waals surface area contributed by atoms with Gasteiger partial charge in [0, 0.05) is 29.6 Å². The molecule has 5 rings (SSSR count). The third-order valence-electron chi connectivity index (χ3n) is 7.10. The van der Waals surface area contributed by atoms with E-state index in [2.05, 4.69) is 15.6 Å². The number of para-hydroxylation sites is 1. The standard InChI is InChI=1S/C33H32N4O6/c34-23-5-3-4-22(19-23)32(39)36-24-9-11-25(12-10-24)42-26-13-15-27(16-14-26)43-31-17-8-21(20-35-31)18-30(38)37-29-7-2-1-6-28(29)33(40)41/h1-8,13-17,19-20,24-25H,9-12,18,34H2,(H,36,39)(H,37,38)(H,40,41). The molecule has 1 heterocycles. The number of pyridine rings is 1. The maximum absolute atomic E-state index is 12.5. The van der Waals surface area contributed by atoms with Crippen molar-refractivity contribution in [1.82, 2.24) is 10.3 Å². The van der Waals surface area contributed by atoms with Crippen molar-refractivity contribution in [1.29, 1.82) is 0 Å². The molecule has 0 atom stereocenters. The first-order chi connectivity index (χ1) is 20.8. The number of hydrogen-bond donors (Lipinski definition) is 4. The largest absolute Gasteiger partial charge is 0.490 e. The fourth-order valence-corrected chi connectivity index (χ4v) is 4.91. The molecule has 43 heavy (non-hydrogen) atoms. The van der Waals surface area contributed by atoms with Crippen LogP contribution in [0, 0.1) is 0 Å². The van der Waals surface area contributed by atoms with E-state index in [1.54, 1.807) is 72.9 Å². The molecule has 0 spiro atoms. The summed E-state index contributed by atoms with van der Waals surface area (Å²) in [5.41, 5.74) is 7.84. The van der Waals surface area contributed by atoms with Gasteiger partial charge in [0.05, 0.1) is 23.8 Å². The number of anilines is 2. The van der Waals surface area contributed by atoms with Crippen molar-refractivity contribution in [2.24, 2.45) is 0 Å². The van der Waals surface area contributed by atoms with Gasteiger partial charge in [-0.3, -0.25) is 9.59 Å². The second-order valence-electron chi connectivity index (χ2n) is 10.3. The average molecular weight is 581 g/mol. The van der Waals surface area contributed by atoms with Gasteiger partial charge >= 0.3 is 5.97 Å². The fraction of sp³-hybridized carbons (Fsp3) is 0.212. The van der Waals surface area contributed by atoms with Gasteiger partial charge in [0.25, 0.3) is 5.91 Å². The number of nitrogens with one attached hydrogen (secondary N) is 2. The van der Waals surface area contributed by atoms with Gasteiger partial charge in [0.1, 0.15) is 11.5 Å². The first kappa shape index (κ1) is 29.1. The summed E-state index contributed by atoms with van der Waals surface area (Å²) in [6, 6.07) is 24.0. The molecule has 5 N–H and O–H groups in total. The molecular weight excluding hydrogens is 548 g/mol. The molecule has 0 radical (unpaired) electrons. The summed E-state index contributed by atoms with van der Waals surface area (Å²) in [5, 5.41) is 15.0. The van der Waals surface area contributed by atoms with Crippen molar-refractivity contribution in [3.05, 3.63) is 108 Å². The topological polar surface area (TPSA) is 153 Å². The summed E-state index contributed by atoms with van der Waals surface area (Å²) in [4.78, 5) is 40.6. The second-order valence-corrected chi connectivity index (χ2v) is 10.3. The van der Waals surface area contributed by atoms with Crippen molar-refractivity contribution in [2.75, 3.05) is 11.1 Å². The van der Waals surface area contributed by atoms with E-state index in [1.165, 1.54) is 6.07 Å². The van der Waals surface area contributed by atoms with Crippen LogP contribution < -0.4 is 25.8 Å². The van der Waals surface area contributed by atoms with Crippen LogP contribution in [0.1, 0.15) is 52.0 Å². The number of carboxylic acids is 1. The Morgan fingerprint density at radius 1 is 0.884 bits per heavy atom. The van der Waals surface area contributed by atoms with Gasteiger partial charge in [-0.15, -0.1) is 0 Å². The third-order valence-corrected chi connectivity index (χ3v) is 7.10. The SMILES string of the molecule is Nc1cccc(C(=O)NC2CCC(Oc3ccc(Oc4ccc(CC(=O)Nc5ccccc5C(=O)O)cn4)cc3)CC2)c1. The molecule has 3 aromatic carbocycles. The number of carbonyl (C=O) groups is 3. The summed E-state index contributed by atoms with van der Waals surface area (Å²) in [5.74, 6) is 0.116. The first-order valence-electron chi connectivity index (χ1n) is 14.0. The number of carbonyl (C=O) groups excluding carboxylic acids is 2. The number of aromatic nitrogens is 1. The molecule has 10 nitrogen and oxygen atoms in total. The maximum atomic E-state index is 12.5. The van der Waals surface area contributed by atoms with Crippen molar-refractivity contribution in [2.45, 2.75) is 44.2 Å². The number of hydrogen-bond acceptors (Lipinski definition) is 7. The lowest BCUT2D eigenvalue weighted by atomic mass is 9.92. The lowest BCUT2D eigenvalue weighted by Gasteiger charge is -2.29. The van der Waals surface area contributed by atoms with Crippen molar-refractivity contribution in [3.8, 4) is 17.4 Å². The minimum atomic E-state index is -1.11. The number of benzene rings is 3. The fourth-order valence-electron chi connectivity index (χ4n) is 4.91. The number of ether oxygens (including phenoxy) is 2. The van der Waals surface area contributed by atoms with E-state index in [0.717, 1.165) is 31.4 Å². The molecule has 0 unspecified atom stereocenters. The summed E-state index contributed by atoms with van der Waals surface area (Å²) >= 11 is 0. The second kappa shape index (κ2) is 13.5. The van der Waals surface area contributed by atoms with Gasteiger partial charge in [-0.1, -0.05) is 24.3 Å². The number of nitrogens with zero attached hydrogens (tertiary/aromatic N) is 1. The summed E-state index contributed by atoms with van der Waals surface area (Å²) in [7, 11) is 0. The van der Waals surface area contributed by atoms with Crippen molar-refractivity contribution in [3.63, 3.8) is 0 Å². The number of nitrogens with two attached hydrogens (primary N) is 1. The molecule has 1 aliphatic rings. The van der Waals surface area contributed by atoms with Crippen LogP contribution in [0.15, 0.2) is 91.1 Å². The minimum Gasteiger partial charge on any atom is -0.490 e. The van der Waals surface area contributed by atoms with Gasteiger partial charge in [0.15, 0.2) is 0 Å². The van der Waals surface area contributed by atoms with E-state index in [1.807, 2.05) is 12.1 Å². The molecule has 1 fully saturated rings. The van der Waals surface area contributed by atoms with Crippen LogP contribution in [0.4, 0.5) is 11.4 Å². The molecule has 0 bridgehead atoms. The van der Waals surface area contributed by atoms with E-state index in [0.29, 0.717) is 28.4 Å². The Morgan fingerprint density at radius 3 is 2.33 bits per heavy atom. The predicted octanol–water partition coefficient (Wildman–Crippen LogP) is 5.46. The van der Waals surface area contributed by atoms with Crippen molar-refractivity contribution >= 4 is 29.2 Å². The molecule has 0 saturated heterocycles. The van der Waals surface area contributed by atoms with Crippen LogP contribution in [-0.4, -0.2) is 40.0 Å². The molecule has 4 aromatic rings. The monoisotopic (exact) mass is 580 g/mol. The van der Waals surface area contributed by atoms with Gasteiger partial charge < -0.3 is 30.9 Å². The number of rotatable bonds is 10. The van der Waals surface area contributed by atoms with E-state index in [-0.39, 0.29) is 41.6 Å². The summed E-state index contributed by atoms with van der Waals surface area (Å²) in [6.45, 7) is 0. The molecule has 220 valence electrons. The van der Waals surface area contributed by atoms with E-state index in [9.17, 15) is 19.5 Å². The zero-order valence-electron chi connectivity index (χ0n) is 23.4. The van der Waals surface area contributed by atoms with Crippen molar-refractivity contribution < 1.29 is 29.0 Å². The smallest absolute Gasteiger partial charge is 0.337 e. The van der Waals surface area contributed by atoms with Crippen LogP contribution >= 0.6 is 0 Å². The Balaban J connectivity index is 1.06. The highest BCUT2D eigenvalue weighted by Gasteiger charge is 2.24. The van der Waals surface area contributed by atoms with E-state index in [4.69, 9.17) is 15.2 Å². The molecular formula is C33H32N4O6. The zero-order chi connectivity index (χ0) is 30.2. The Kier molecular flexibility index (Phi) is 9.16. The predicted molar refractivity (Wildman–Crippen MR) is 161 cm³/mol. The van der Waals surface area contributed by atoms with Gasteiger partial charge in [-0.25, -0.2) is 9.78 Å². The summed E-state index contributed by atoms with van der Waals surface area (Å²) < 4.78 is 12.0. The zero-order valence-corrected chi connectivity index (χ0v) is 23.4. The molecule has 1 saturated carbocycles. The average Bonchev–Trinajstić information content (AvgIpc) is 3.00. The highest BCUT2D eigenvalue weighted by atomic mass is 16.5. The Bertz CT molecular complexity index is 1580. The van der Waals surface area contributed by atoms with Crippen LogP contribution in [0.25, 0.3) is 0 Å². The Hall–Kier alpha value is -5.38. The lowest BCUT2D eigenvalue weighted by Crippen LogP contribution is -2.39. The molecule has 2 amide bonds. The maximum Gasteiger partial charge on any atom is 0.337 e. The highest BCUT2D eigenvalue weighted by Crippen LogP contribution is 2.27. The Labute approximate surface area is 248 Å².